The van der Waals surface area contributed by atoms with Gasteiger partial charge in [0.25, 0.3) is 0 Å². The number of rotatable bonds is 7. The molecule has 0 unspecified atom stereocenters. The Kier molecular flexibility index (Phi) is 7.78. The number of aromatic nitrogens is 4. The van der Waals surface area contributed by atoms with Gasteiger partial charge in [-0.1, -0.05) is 11.6 Å². The van der Waals surface area contributed by atoms with Crippen LogP contribution in [0.15, 0.2) is 48.9 Å². The molecule has 1 fully saturated rings. The number of nitrogens with one attached hydrogen (secondary N) is 3. The van der Waals surface area contributed by atoms with Crippen LogP contribution in [-0.4, -0.2) is 69.4 Å². The Morgan fingerprint density at radius 1 is 1.14 bits per heavy atom. The second kappa shape index (κ2) is 11.2. The maximum Gasteiger partial charge on any atom is 0.319 e. The monoisotopic (exact) mass is 498 g/mol. The van der Waals surface area contributed by atoms with Gasteiger partial charge in [-0.3, -0.25) is 20.0 Å². The van der Waals surface area contributed by atoms with Crippen molar-refractivity contribution < 1.29 is 14.3 Å². The minimum absolute atomic E-state index is 0.131. The van der Waals surface area contributed by atoms with Crippen molar-refractivity contribution in [3.8, 4) is 5.75 Å². The summed E-state index contributed by atoms with van der Waals surface area (Å²) in [6.07, 6.45) is 3.68. The van der Waals surface area contributed by atoms with E-state index >= 15 is 0 Å². The van der Waals surface area contributed by atoms with E-state index in [0.29, 0.717) is 41.9 Å². The van der Waals surface area contributed by atoms with Crippen molar-refractivity contribution in [2.24, 2.45) is 7.05 Å². The Labute approximate surface area is 207 Å². The molecule has 0 saturated carbocycles. The number of pyridine rings is 1. The van der Waals surface area contributed by atoms with E-state index in [9.17, 15) is 9.59 Å². The highest BCUT2D eigenvalue weighted by Crippen LogP contribution is 2.27. The molecule has 12 heteroatoms. The molecule has 3 amide bonds. The number of carbonyl (C=O) groups is 2. The zero-order valence-electron chi connectivity index (χ0n) is 19.4. The first-order valence-corrected chi connectivity index (χ1v) is 11.5. The molecule has 0 aliphatic carbocycles. The van der Waals surface area contributed by atoms with Crippen LogP contribution in [0.1, 0.15) is 18.0 Å². The quantitative estimate of drug-likeness (QED) is 0.456. The molecule has 3 aromatic rings. The number of ether oxygens (including phenoxy) is 1. The number of aryl methyl sites for hydroxylation is 1. The smallest absolute Gasteiger partial charge is 0.319 e. The number of methoxy groups -OCH3 is 1. The van der Waals surface area contributed by atoms with Gasteiger partial charge < -0.3 is 15.4 Å². The van der Waals surface area contributed by atoms with E-state index in [0.717, 1.165) is 5.69 Å². The number of urea groups is 1. The molecule has 2 atom stereocenters. The fourth-order valence-corrected chi connectivity index (χ4v) is 4.14. The van der Waals surface area contributed by atoms with E-state index in [4.69, 9.17) is 16.3 Å². The molecular formula is C23H27ClN8O3. The van der Waals surface area contributed by atoms with E-state index in [1.54, 1.807) is 44.6 Å². The molecule has 0 radical (unpaired) electrons. The standard InChI is InChI=1S/C23H27ClN8O3/c1-31-22(26-14-27-31)30-21(33)13-32-10-9-20(18(12-32)19-8-7-17(35-2)11-25-19)29-23(34)28-16-5-3-15(24)4-6-16/h3-8,11,14,18,20H,9-10,12-13H2,1-2H3,(H2,28,29,34)(H,26,27,30,33)/t18-,20+/m0/s1. The maximum atomic E-state index is 12.7. The molecule has 0 spiro atoms. The van der Waals surface area contributed by atoms with Gasteiger partial charge in [0.2, 0.25) is 11.9 Å². The normalized spacial score (nSPS) is 18.0. The first-order valence-electron chi connectivity index (χ1n) is 11.1. The lowest BCUT2D eigenvalue weighted by Crippen LogP contribution is -2.52. The minimum atomic E-state index is -0.315. The van der Waals surface area contributed by atoms with Crippen LogP contribution >= 0.6 is 11.6 Å². The zero-order chi connectivity index (χ0) is 24.8. The third kappa shape index (κ3) is 6.46. The second-order valence-electron chi connectivity index (χ2n) is 8.22. The summed E-state index contributed by atoms with van der Waals surface area (Å²) >= 11 is 5.92. The van der Waals surface area contributed by atoms with Crippen LogP contribution < -0.4 is 20.7 Å². The molecule has 0 bridgehead atoms. The second-order valence-corrected chi connectivity index (χ2v) is 8.66. The molecular weight excluding hydrogens is 472 g/mol. The average molecular weight is 499 g/mol. The topological polar surface area (TPSA) is 126 Å². The van der Waals surface area contributed by atoms with Crippen LogP contribution in [0.2, 0.25) is 5.02 Å². The lowest BCUT2D eigenvalue weighted by Gasteiger charge is -2.38. The van der Waals surface area contributed by atoms with Crippen molar-refractivity contribution in [3.63, 3.8) is 0 Å². The molecule has 4 rings (SSSR count). The van der Waals surface area contributed by atoms with Gasteiger partial charge in [-0.25, -0.2) is 9.48 Å². The van der Waals surface area contributed by atoms with Crippen molar-refractivity contribution in [1.82, 2.24) is 30.0 Å². The summed E-state index contributed by atoms with van der Waals surface area (Å²) in [5.74, 6) is 0.718. The fraction of sp³-hybridized carbons (Fsp3) is 0.348. The van der Waals surface area contributed by atoms with Crippen LogP contribution in [0.3, 0.4) is 0 Å². The maximum absolute atomic E-state index is 12.7. The minimum Gasteiger partial charge on any atom is -0.495 e. The third-order valence-corrected chi connectivity index (χ3v) is 6.07. The Hall–Kier alpha value is -3.70. The highest BCUT2D eigenvalue weighted by Gasteiger charge is 2.33. The van der Waals surface area contributed by atoms with Gasteiger partial charge in [-0.05, 0) is 42.8 Å². The molecule has 3 N–H and O–H groups in total. The lowest BCUT2D eigenvalue weighted by molar-refractivity contribution is -0.117. The summed E-state index contributed by atoms with van der Waals surface area (Å²) in [6.45, 7) is 1.35. The summed E-state index contributed by atoms with van der Waals surface area (Å²) in [6, 6.07) is 10.1. The molecule has 2 aromatic heterocycles. The van der Waals surface area contributed by atoms with Crippen molar-refractivity contribution in [2.45, 2.75) is 18.4 Å². The number of halogens is 1. The van der Waals surface area contributed by atoms with Crippen molar-refractivity contribution >= 4 is 35.2 Å². The molecule has 3 heterocycles. The van der Waals surface area contributed by atoms with E-state index < -0.39 is 0 Å². The van der Waals surface area contributed by atoms with E-state index in [1.165, 1.54) is 11.0 Å². The number of hydrogen-bond donors (Lipinski definition) is 3. The predicted octanol–water partition coefficient (Wildman–Crippen LogP) is 2.49. The number of benzene rings is 1. The SMILES string of the molecule is COc1ccc([C@@H]2CN(CC(=O)Nc3ncnn3C)CC[C@H]2NC(=O)Nc2ccc(Cl)cc2)nc1. The number of piperidine rings is 1. The molecule has 1 aromatic carbocycles. The summed E-state index contributed by atoms with van der Waals surface area (Å²) < 4.78 is 6.73. The molecule has 1 aliphatic rings. The zero-order valence-corrected chi connectivity index (χ0v) is 20.2. The van der Waals surface area contributed by atoms with E-state index in [2.05, 4.69) is 31.0 Å². The predicted molar refractivity (Wildman–Crippen MR) is 132 cm³/mol. The first kappa shape index (κ1) is 24.4. The summed E-state index contributed by atoms with van der Waals surface area (Å²) in [5.41, 5.74) is 1.45. The Morgan fingerprint density at radius 3 is 2.60 bits per heavy atom. The summed E-state index contributed by atoms with van der Waals surface area (Å²) in [7, 11) is 3.29. The van der Waals surface area contributed by atoms with Crippen LogP contribution in [0.5, 0.6) is 5.75 Å². The average Bonchev–Trinajstić information content (AvgIpc) is 3.25. The number of nitrogens with zero attached hydrogens (tertiary/aromatic N) is 5. The number of amides is 3. The first-order chi connectivity index (χ1) is 16.9. The van der Waals surface area contributed by atoms with Crippen LogP contribution in [0.4, 0.5) is 16.4 Å². The van der Waals surface area contributed by atoms with Gasteiger partial charge in [-0.2, -0.15) is 10.1 Å². The summed E-state index contributed by atoms with van der Waals surface area (Å²) in [5, 5.41) is 13.2. The van der Waals surface area contributed by atoms with Gasteiger partial charge in [0.05, 0.1) is 19.9 Å². The van der Waals surface area contributed by atoms with Gasteiger partial charge in [0, 0.05) is 48.5 Å². The highest BCUT2D eigenvalue weighted by atomic mass is 35.5. The molecule has 11 nitrogen and oxygen atoms in total. The fourth-order valence-electron chi connectivity index (χ4n) is 4.01. The lowest BCUT2D eigenvalue weighted by atomic mass is 9.88. The van der Waals surface area contributed by atoms with E-state index in [-0.39, 0.29) is 30.4 Å². The number of carbonyl (C=O) groups excluding carboxylic acids is 2. The summed E-state index contributed by atoms with van der Waals surface area (Å²) in [4.78, 5) is 35.9. The third-order valence-electron chi connectivity index (χ3n) is 5.82. The van der Waals surface area contributed by atoms with Gasteiger partial charge in [-0.15, -0.1) is 0 Å². The van der Waals surface area contributed by atoms with Crippen LogP contribution in [-0.2, 0) is 11.8 Å². The number of hydrogen-bond acceptors (Lipinski definition) is 7. The van der Waals surface area contributed by atoms with Crippen LogP contribution in [0, 0.1) is 0 Å². The number of anilines is 2. The number of likely N-dealkylation sites (tertiary alicyclic amines) is 1. The highest BCUT2D eigenvalue weighted by molar-refractivity contribution is 6.30. The molecule has 1 saturated heterocycles. The van der Waals surface area contributed by atoms with Gasteiger partial charge >= 0.3 is 6.03 Å². The molecule has 35 heavy (non-hydrogen) atoms. The Morgan fingerprint density at radius 2 is 1.94 bits per heavy atom. The molecule has 1 aliphatic heterocycles. The largest absolute Gasteiger partial charge is 0.495 e. The van der Waals surface area contributed by atoms with Crippen molar-refractivity contribution in [2.75, 3.05) is 37.4 Å². The van der Waals surface area contributed by atoms with Crippen molar-refractivity contribution in [1.29, 1.82) is 0 Å². The Bertz CT molecular complexity index is 1150. The van der Waals surface area contributed by atoms with E-state index in [1.807, 2.05) is 17.0 Å². The molecule has 184 valence electrons. The Balaban J connectivity index is 1.43. The van der Waals surface area contributed by atoms with Crippen LogP contribution in [0.25, 0.3) is 0 Å². The van der Waals surface area contributed by atoms with Gasteiger partial charge in [0.15, 0.2) is 0 Å². The van der Waals surface area contributed by atoms with Gasteiger partial charge in [0.1, 0.15) is 12.1 Å². The van der Waals surface area contributed by atoms with Crippen molar-refractivity contribution in [3.05, 3.63) is 59.6 Å².